The van der Waals surface area contributed by atoms with Gasteiger partial charge in [-0.3, -0.25) is 4.79 Å². The standard InChI is InChI=1S/C17H23N3O2/c1-4-11-22-16-12-14(17(21)18-9-10-20(2)3)13-7-5-6-8-15(13)19-16/h5-8,12H,4,9-11H2,1-3H3,(H,18,21). The highest BCUT2D eigenvalue weighted by molar-refractivity contribution is 6.06. The van der Waals surface area contributed by atoms with E-state index in [1.54, 1.807) is 6.07 Å². The first-order chi connectivity index (χ1) is 10.6. The first kappa shape index (κ1) is 16.2. The smallest absolute Gasteiger partial charge is 0.252 e. The number of hydrogen-bond donors (Lipinski definition) is 1. The van der Waals surface area contributed by atoms with Gasteiger partial charge in [-0.2, -0.15) is 0 Å². The molecule has 1 heterocycles. The zero-order valence-corrected chi connectivity index (χ0v) is 13.4. The number of nitrogens with one attached hydrogen (secondary N) is 1. The number of para-hydroxylation sites is 1. The molecule has 1 aromatic carbocycles. The second-order valence-corrected chi connectivity index (χ2v) is 5.43. The summed E-state index contributed by atoms with van der Waals surface area (Å²) >= 11 is 0. The van der Waals surface area contributed by atoms with Crippen LogP contribution in [0.2, 0.25) is 0 Å². The summed E-state index contributed by atoms with van der Waals surface area (Å²) < 4.78 is 5.60. The first-order valence-electron chi connectivity index (χ1n) is 7.57. The van der Waals surface area contributed by atoms with E-state index in [0.717, 1.165) is 23.9 Å². The summed E-state index contributed by atoms with van der Waals surface area (Å²) in [6.45, 7) is 4.03. The predicted molar refractivity (Wildman–Crippen MR) is 88.4 cm³/mol. The molecule has 1 N–H and O–H groups in total. The Bertz CT molecular complexity index is 641. The van der Waals surface area contributed by atoms with E-state index in [2.05, 4.69) is 10.3 Å². The molecule has 0 radical (unpaired) electrons. The highest BCUT2D eigenvalue weighted by atomic mass is 16.5. The molecule has 22 heavy (non-hydrogen) atoms. The van der Waals surface area contributed by atoms with Gasteiger partial charge in [0.15, 0.2) is 0 Å². The Balaban J connectivity index is 2.27. The summed E-state index contributed by atoms with van der Waals surface area (Å²) in [4.78, 5) is 18.9. The van der Waals surface area contributed by atoms with Gasteiger partial charge in [0.05, 0.1) is 17.7 Å². The summed E-state index contributed by atoms with van der Waals surface area (Å²) in [6, 6.07) is 9.35. The molecule has 1 amide bonds. The average molecular weight is 301 g/mol. The third kappa shape index (κ3) is 4.18. The lowest BCUT2D eigenvalue weighted by Crippen LogP contribution is -2.31. The van der Waals surface area contributed by atoms with Gasteiger partial charge >= 0.3 is 0 Å². The van der Waals surface area contributed by atoms with Gasteiger partial charge < -0.3 is 15.0 Å². The largest absolute Gasteiger partial charge is 0.478 e. The SMILES string of the molecule is CCCOc1cc(C(=O)NCCN(C)C)c2ccccc2n1. The molecule has 0 fully saturated rings. The van der Waals surface area contributed by atoms with Crippen LogP contribution in [0.1, 0.15) is 23.7 Å². The summed E-state index contributed by atoms with van der Waals surface area (Å²) in [5.74, 6) is 0.403. The van der Waals surface area contributed by atoms with Gasteiger partial charge in [-0.15, -0.1) is 0 Å². The van der Waals surface area contributed by atoms with Gasteiger partial charge in [0.1, 0.15) is 0 Å². The van der Waals surface area contributed by atoms with Gasteiger partial charge in [0, 0.05) is 24.5 Å². The fourth-order valence-corrected chi connectivity index (χ4v) is 2.11. The number of pyridine rings is 1. The average Bonchev–Trinajstić information content (AvgIpc) is 2.51. The van der Waals surface area contributed by atoms with Crippen molar-refractivity contribution in [2.75, 3.05) is 33.8 Å². The number of nitrogens with zero attached hydrogens (tertiary/aromatic N) is 2. The Kier molecular flexibility index (Phi) is 5.72. The molecule has 5 heteroatoms. The maximum atomic E-state index is 12.5. The van der Waals surface area contributed by atoms with Crippen molar-refractivity contribution >= 4 is 16.8 Å². The molecule has 118 valence electrons. The van der Waals surface area contributed by atoms with Crippen LogP contribution in [0.5, 0.6) is 5.88 Å². The Hall–Kier alpha value is -2.14. The zero-order valence-electron chi connectivity index (χ0n) is 13.4. The van der Waals surface area contributed by atoms with Crippen LogP contribution in [0.3, 0.4) is 0 Å². The van der Waals surface area contributed by atoms with Gasteiger partial charge in [0.2, 0.25) is 5.88 Å². The molecule has 0 aliphatic rings. The van der Waals surface area contributed by atoms with Crippen LogP contribution in [0, 0.1) is 0 Å². The van der Waals surface area contributed by atoms with E-state index < -0.39 is 0 Å². The second kappa shape index (κ2) is 7.75. The number of carbonyl (C=O) groups excluding carboxylic acids is 1. The maximum absolute atomic E-state index is 12.5. The summed E-state index contributed by atoms with van der Waals surface area (Å²) in [5, 5.41) is 3.78. The van der Waals surface area contributed by atoms with Crippen LogP contribution in [-0.4, -0.2) is 49.6 Å². The number of carbonyl (C=O) groups is 1. The highest BCUT2D eigenvalue weighted by Gasteiger charge is 2.13. The van der Waals surface area contributed by atoms with Crippen molar-refractivity contribution in [3.8, 4) is 5.88 Å². The minimum Gasteiger partial charge on any atom is -0.478 e. The number of rotatable bonds is 7. The van der Waals surface area contributed by atoms with Gasteiger partial charge in [0.25, 0.3) is 5.91 Å². The molecule has 0 unspecified atom stereocenters. The molecule has 0 saturated carbocycles. The van der Waals surface area contributed by atoms with E-state index in [0.29, 0.717) is 24.6 Å². The molecule has 0 saturated heterocycles. The van der Waals surface area contributed by atoms with Crippen LogP contribution in [-0.2, 0) is 0 Å². The molecule has 2 rings (SSSR count). The van der Waals surface area contributed by atoms with Crippen LogP contribution in [0.25, 0.3) is 10.9 Å². The molecular formula is C17H23N3O2. The Morgan fingerprint density at radius 1 is 1.32 bits per heavy atom. The normalized spacial score (nSPS) is 10.9. The summed E-state index contributed by atoms with van der Waals surface area (Å²) in [7, 11) is 3.95. The third-order valence-electron chi connectivity index (χ3n) is 3.24. The van der Waals surface area contributed by atoms with Gasteiger partial charge in [-0.05, 0) is 26.6 Å². The van der Waals surface area contributed by atoms with E-state index in [1.807, 2.05) is 50.2 Å². The second-order valence-electron chi connectivity index (χ2n) is 5.43. The maximum Gasteiger partial charge on any atom is 0.252 e. The number of hydrogen-bond acceptors (Lipinski definition) is 4. The quantitative estimate of drug-likeness (QED) is 0.852. The fraction of sp³-hybridized carbons (Fsp3) is 0.412. The van der Waals surface area contributed by atoms with E-state index in [1.165, 1.54) is 0 Å². The van der Waals surface area contributed by atoms with E-state index >= 15 is 0 Å². The molecule has 1 aromatic heterocycles. The Morgan fingerprint density at radius 2 is 2.09 bits per heavy atom. The predicted octanol–water partition coefficient (Wildman–Crippen LogP) is 2.32. The number of fused-ring (bicyclic) bond motifs is 1. The number of likely N-dealkylation sites (N-methyl/N-ethyl adjacent to an activating group) is 1. The number of benzene rings is 1. The first-order valence-corrected chi connectivity index (χ1v) is 7.57. The van der Waals surface area contributed by atoms with E-state index in [9.17, 15) is 4.79 Å². The van der Waals surface area contributed by atoms with Crippen LogP contribution >= 0.6 is 0 Å². The molecule has 0 aliphatic heterocycles. The lowest BCUT2D eigenvalue weighted by molar-refractivity contribution is 0.0952. The van der Waals surface area contributed by atoms with Crippen molar-refractivity contribution < 1.29 is 9.53 Å². The molecular weight excluding hydrogens is 278 g/mol. The number of amides is 1. The van der Waals surface area contributed by atoms with E-state index in [-0.39, 0.29) is 5.91 Å². The third-order valence-corrected chi connectivity index (χ3v) is 3.24. The number of aromatic nitrogens is 1. The Labute approximate surface area is 131 Å². The zero-order chi connectivity index (χ0) is 15.9. The molecule has 5 nitrogen and oxygen atoms in total. The number of ether oxygens (including phenoxy) is 1. The molecule has 2 aromatic rings. The summed E-state index contributed by atoms with van der Waals surface area (Å²) in [6.07, 6.45) is 0.902. The molecule has 0 spiro atoms. The van der Waals surface area contributed by atoms with Gasteiger partial charge in [-0.25, -0.2) is 4.98 Å². The van der Waals surface area contributed by atoms with Crippen LogP contribution < -0.4 is 10.1 Å². The lowest BCUT2D eigenvalue weighted by Gasteiger charge is -2.12. The minimum absolute atomic E-state index is 0.0956. The summed E-state index contributed by atoms with van der Waals surface area (Å²) in [5.41, 5.74) is 1.38. The van der Waals surface area contributed by atoms with Crippen LogP contribution in [0.15, 0.2) is 30.3 Å². The highest BCUT2D eigenvalue weighted by Crippen LogP contribution is 2.22. The van der Waals surface area contributed by atoms with Crippen molar-refractivity contribution in [3.63, 3.8) is 0 Å². The molecule has 0 bridgehead atoms. The molecule has 0 aliphatic carbocycles. The lowest BCUT2D eigenvalue weighted by atomic mass is 10.1. The van der Waals surface area contributed by atoms with Crippen molar-refractivity contribution in [1.29, 1.82) is 0 Å². The van der Waals surface area contributed by atoms with Crippen molar-refractivity contribution in [2.24, 2.45) is 0 Å². The molecule has 0 atom stereocenters. The Morgan fingerprint density at radius 3 is 2.82 bits per heavy atom. The topological polar surface area (TPSA) is 54.5 Å². The fourth-order valence-electron chi connectivity index (χ4n) is 2.11. The van der Waals surface area contributed by atoms with E-state index in [4.69, 9.17) is 4.74 Å². The van der Waals surface area contributed by atoms with Gasteiger partial charge in [-0.1, -0.05) is 25.1 Å². The van der Waals surface area contributed by atoms with Crippen LogP contribution in [0.4, 0.5) is 0 Å². The van der Waals surface area contributed by atoms with Crippen molar-refractivity contribution in [1.82, 2.24) is 15.2 Å². The van der Waals surface area contributed by atoms with Crippen molar-refractivity contribution in [3.05, 3.63) is 35.9 Å². The minimum atomic E-state index is -0.0956. The van der Waals surface area contributed by atoms with Crippen molar-refractivity contribution in [2.45, 2.75) is 13.3 Å². The monoisotopic (exact) mass is 301 g/mol.